The summed E-state index contributed by atoms with van der Waals surface area (Å²) in [5.74, 6) is 1.67. The zero-order chi connectivity index (χ0) is 20.1. The number of aromatic nitrogens is 2. The minimum Gasteiger partial charge on any atom is -0.485 e. The fourth-order valence-corrected chi connectivity index (χ4v) is 3.28. The second-order valence-electron chi connectivity index (χ2n) is 6.80. The maximum atomic E-state index is 13.3. The summed E-state index contributed by atoms with van der Waals surface area (Å²) < 4.78 is 16.3. The van der Waals surface area contributed by atoms with E-state index < -0.39 is 0 Å². The summed E-state index contributed by atoms with van der Waals surface area (Å²) in [6, 6.07) is 16.9. The molecule has 29 heavy (non-hydrogen) atoms. The number of amides is 1. The molecule has 0 saturated carbocycles. The number of hydrogen-bond donors (Lipinski definition) is 0. The molecule has 2 aromatic carbocycles. The number of aryl methyl sites for hydroxylation is 1. The predicted octanol–water partition coefficient (Wildman–Crippen LogP) is 3.65. The first kappa shape index (κ1) is 19.1. The van der Waals surface area contributed by atoms with E-state index in [-0.39, 0.29) is 18.6 Å². The van der Waals surface area contributed by atoms with E-state index >= 15 is 0 Å². The van der Waals surface area contributed by atoms with Crippen LogP contribution in [0.1, 0.15) is 35.4 Å². The molecule has 1 aliphatic rings. The van der Waals surface area contributed by atoms with Crippen LogP contribution in [-0.2, 0) is 17.8 Å². The molecule has 0 spiro atoms. The van der Waals surface area contributed by atoms with Gasteiger partial charge in [-0.25, -0.2) is 0 Å². The number of benzene rings is 2. The molecule has 1 unspecified atom stereocenters. The Morgan fingerprint density at radius 2 is 1.97 bits per heavy atom. The lowest BCUT2D eigenvalue weighted by Crippen LogP contribution is -2.41. The monoisotopic (exact) mass is 393 g/mol. The highest BCUT2D eigenvalue weighted by Gasteiger charge is 2.29. The van der Waals surface area contributed by atoms with Gasteiger partial charge in [0.15, 0.2) is 6.61 Å². The van der Waals surface area contributed by atoms with E-state index in [1.54, 1.807) is 24.3 Å². The molecule has 1 aromatic heterocycles. The number of carbonyl (C=O) groups is 1. The topological polar surface area (TPSA) is 77.7 Å². The molecular weight excluding hydrogens is 370 g/mol. The Kier molecular flexibility index (Phi) is 5.86. The van der Waals surface area contributed by atoms with Crippen molar-refractivity contribution < 1.29 is 18.8 Å². The van der Waals surface area contributed by atoms with Crippen molar-refractivity contribution in [2.75, 3.05) is 18.1 Å². The van der Waals surface area contributed by atoms with Crippen LogP contribution in [-0.4, -0.2) is 35.3 Å². The first-order valence-electron chi connectivity index (χ1n) is 9.75. The lowest BCUT2D eigenvalue weighted by molar-refractivity contribution is 0.0971. The predicted molar refractivity (Wildman–Crippen MR) is 107 cm³/mol. The van der Waals surface area contributed by atoms with Crippen molar-refractivity contribution in [3.8, 4) is 5.75 Å². The van der Waals surface area contributed by atoms with Crippen LogP contribution < -0.4 is 9.64 Å². The summed E-state index contributed by atoms with van der Waals surface area (Å²) in [5.41, 5.74) is 1.47. The number of carbonyl (C=O) groups excluding carboxylic acids is 1. The van der Waals surface area contributed by atoms with Gasteiger partial charge in [0.1, 0.15) is 5.75 Å². The summed E-state index contributed by atoms with van der Waals surface area (Å²) in [6.45, 7) is 3.38. The van der Waals surface area contributed by atoms with E-state index in [9.17, 15) is 4.79 Å². The van der Waals surface area contributed by atoms with Gasteiger partial charge in [-0.3, -0.25) is 4.79 Å². The van der Waals surface area contributed by atoms with Crippen LogP contribution in [0, 0.1) is 0 Å². The van der Waals surface area contributed by atoms with Gasteiger partial charge in [0.25, 0.3) is 5.91 Å². The Labute approximate surface area is 169 Å². The Hall–Kier alpha value is -3.19. The molecule has 7 heteroatoms. The first-order chi connectivity index (χ1) is 14.2. The van der Waals surface area contributed by atoms with Gasteiger partial charge < -0.3 is 18.9 Å². The van der Waals surface area contributed by atoms with E-state index in [0.29, 0.717) is 42.7 Å². The molecule has 0 bridgehead atoms. The van der Waals surface area contributed by atoms with Gasteiger partial charge in [0.05, 0.1) is 12.6 Å². The molecule has 2 heterocycles. The molecule has 150 valence electrons. The van der Waals surface area contributed by atoms with Gasteiger partial charge in [-0.1, -0.05) is 30.3 Å². The molecule has 1 atom stereocenters. The number of anilines is 1. The molecule has 7 nitrogen and oxygen atoms in total. The molecule has 1 fully saturated rings. The van der Waals surface area contributed by atoms with Gasteiger partial charge in [0.2, 0.25) is 11.7 Å². The normalized spacial score (nSPS) is 16.0. The van der Waals surface area contributed by atoms with E-state index in [4.69, 9.17) is 14.0 Å². The van der Waals surface area contributed by atoms with Crippen molar-refractivity contribution in [3.05, 3.63) is 71.9 Å². The van der Waals surface area contributed by atoms with Crippen LogP contribution in [0.5, 0.6) is 5.75 Å². The largest absolute Gasteiger partial charge is 0.485 e. The number of ether oxygens (including phenoxy) is 2. The lowest BCUT2D eigenvalue weighted by atomic mass is 10.1. The smallest absolute Gasteiger partial charge is 0.258 e. The highest BCUT2D eigenvalue weighted by Crippen LogP contribution is 2.25. The van der Waals surface area contributed by atoms with Crippen LogP contribution in [0.15, 0.2) is 59.1 Å². The van der Waals surface area contributed by atoms with Gasteiger partial charge in [0, 0.05) is 24.3 Å². The third-order valence-corrected chi connectivity index (χ3v) is 4.81. The van der Waals surface area contributed by atoms with Crippen molar-refractivity contribution in [2.45, 2.75) is 32.4 Å². The van der Waals surface area contributed by atoms with Crippen molar-refractivity contribution >= 4 is 11.6 Å². The molecule has 1 aliphatic heterocycles. The third kappa shape index (κ3) is 4.46. The average Bonchev–Trinajstić information content (AvgIpc) is 3.46. The zero-order valence-electron chi connectivity index (χ0n) is 16.3. The molecular formula is C22H23N3O4. The highest BCUT2D eigenvalue weighted by atomic mass is 16.5. The standard InChI is InChI=1S/C22H23N3O4/c1-2-21-23-20(24-29-21)15-28-19-10-8-16(9-11-19)22(26)25(18-12-13-27-14-18)17-6-4-3-5-7-17/h3-11,18H,2,12-15H2,1H3. The fourth-order valence-electron chi connectivity index (χ4n) is 3.28. The molecule has 3 aromatic rings. The first-order valence-corrected chi connectivity index (χ1v) is 9.75. The van der Waals surface area contributed by atoms with Crippen molar-refractivity contribution in [1.29, 1.82) is 0 Å². The van der Waals surface area contributed by atoms with Crippen LogP contribution in [0.2, 0.25) is 0 Å². The minimum absolute atomic E-state index is 0.0341. The maximum absolute atomic E-state index is 13.3. The second-order valence-corrected chi connectivity index (χ2v) is 6.80. The van der Waals surface area contributed by atoms with Crippen LogP contribution >= 0.6 is 0 Å². The van der Waals surface area contributed by atoms with Crippen LogP contribution in [0.25, 0.3) is 0 Å². The number of rotatable bonds is 7. The van der Waals surface area contributed by atoms with Crippen LogP contribution in [0.4, 0.5) is 5.69 Å². The molecule has 1 saturated heterocycles. The van der Waals surface area contributed by atoms with Crippen LogP contribution in [0.3, 0.4) is 0 Å². The average molecular weight is 393 g/mol. The SMILES string of the molecule is CCc1nc(COc2ccc(C(=O)N(c3ccccc3)C3CCOC3)cc2)no1. The Morgan fingerprint density at radius 1 is 1.17 bits per heavy atom. The molecule has 0 radical (unpaired) electrons. The number of para-hydroxylation sites is 1. The fraction of sp³-hybridized carbons (Fsp3) is 0.318. The zero-order valence-corrected chi connectivity index (χ0v) is 16.3. The molecule has 0 aliphatic carbocycles. The molecule has 1 amide bonds. The van der Waals surface area contributed by atoms with Crippen molar-refractivity contribution in [3.63, 3.8) is 0 Å². The summed E-state index contributed by atoms with van der Waals surface area (Å²) in [5, 5.41) is 3.87. The Bertz CT molecular complexity index is 934. The Morgan fingerprint density at radius 3 is 2.62 bits per heavy atom. The van der Waals surface area contributed by atoms with Gasteiger partial charge >= 0.3 is 0 Å². The van der Waals surface area contributed by atoms with Gasteiger partial charge in [-0.05, 0) is 42.8 Å². The quantitative estimate of drug-likeness (QED) is 0.610. The van der Waals surface area contributed by atoms with E-state index in [2.05, 4.69) is 10.1 Å². The maximum Gasteiger partial charge on any atom is 0.258 e. The molecule has 0 N–H and O–H groups in total. The second kappa shape index (κ2) is 8.87. The summed E-state index contributed by atoms with van der Waals surface area (Å²) in [4.78, 5) is 19.3. The number of hydrogen-bond acceptors (Lipinski definition) is 6. The van der Waals surface area contributed by atoms with E-state index in [1.807, 2.05) is 42.2 Å². The third-order valence-electron chi connectivity index (χ3n) is 4.81. The van der Waals surface area contributed by atoms with Crippen molar-refractivity contribution in [1.82, 2.24) is 10.1 Å². The molecule has 4 rings (SSSR count). The Balaban J connectivity index is 1.46. The minimum atomic E-state index is -0.0518. The van der Waals surface area contributed by atoms with Crippen molar-refractivity contribution in [2.24, 2.45) is 0 Å². The summed E-state index contributed by atoms with van der Waals surface area (Å²) >= 11 is 0. The highest BCUT2D eigenvalue weighted by molar-refractivity contribution is 6.06. The van der Waals surface area contributed by atoms with Gasteiger partial charge in [-0.2, -0.15) is 4.98 Å². The van der Waals surface area contributed by atoms with Gasteiger partial charge in [-0.15, -0.1) is 0 Å². The van der Waals surface area contributed by atoms with E-state index in [0.717, 1.165) is 12.1 Å². The number of nitrogens with zero attached hydrogens (tertiary/aromatic N) is 3. The van der Waals surface area contributed by atoms with E-state index in [1.165, 1.54) is 0 Å². The lowest BCUT2D eigenvalue weighted by Gasteiger charge is -2.28. The summed E-state index contributed by atoms with van der Waals surface area (Å²) in [7, 11) is 0. The summed E-state index contributed by atoms with van der Waals surface area (Å²) in [6.07, 6.45) is 1.51.